The maximum Gasteiger partial charge on any atom is 0.140 e. The lowest BCUT2D eigenvalue weighted by atomic mass is 10.2. The van der Waals surface area contributed by atoms with E-state index in [1.54, 1.807) is 0 Å². The summed E-state index contributed by atoms with van der Waals surface area (Å²) in [5.74, 6) is 0. The Hall–Kier alpha value is -1.13. The molecule has 1 aromatic heterocycles. The van der Waals surface area contributed by atoms with E-state index in [0.29, 0.717) is 6.73 Å². The topological polar surface area (TPSA) is 27.1 Å². The fraction of sp³-hybridized carbons (Fsp3) is 0.533. The molecule has 3 nitrogen and oxygen atoms in total. The summed E-state index contributed by atoms with van der Waals surface area (Å²) in [6.45, 7) is 10.7. The second-order valence-corrected chi connectivity index (χ2v) is 11.8. The molecule has 0 aliphatic carbocycles. The van der Waals surface area contributed by atoms with Gasteiger partial charge >= 0.3 is 0 Å². The van der Waals surface area contributed by atoms with Crippen LogP contribution in [0.5, 0.6) is 0 Å². The van der Waals surface area contributed by atoms with Crippen LogP contribution >= 0.6 is 0 Å². The number of aryl methyl sites for hydroxylation is 1. The lowest BCUT2D eigenvalue weighted by Crippen LogP contribution is -2.22. The number of hydrogen-bond donors (Lipinski definition) is 0. The maximum absolute atomic E-state index is 5.80. The van der Waals surface area contributed by atoms with E-state index < -0.39 is 8.07 Å². The fourth-order valence-corrected chi connectivity index (χ4v) is 2.84. The zero-order chi connectivity index (χ0) is 13.9. The van der Waals surface area contributed by atoms with Crippen LogP contribution in [0.25, 0.3) is 10.9 Å². The van der Waals surface area contributed by atoms with Gasteiger partial charge in [-0.15, -0.1) is 0 Å². The number of rotatable bonds is 6. The Bertz CT molecular complexity index is 543. The van der Waals surface area contributed by atoms with Gasteiger partial charge in [0.1, 0.15) is 6.73 Å². The summed E-state index contributed by atoms with van der Waals surface area (Å²) in [6, 6.07) is 9.58. The number of para-hydroxylation sites is 1. The van der Waals surface area contributed by atoms with E-state index in [1.807, 2.05) is 4.68 Å². The van der Waals surface area contributed by atoms with E-state index in [0.717, 1.165) is 18.7 Å². The molecule has 0 unspecified atom stereocenters. The number of hydrogen-bond acceptors (Lipinski definition) is 2. The van der Waals surface area contributed by atoms with Gasteiger partial charge in [0.15, 0.2) is 0 Å². The van der Waals surface area contributed by atoms with Gasteiger partial charge in [-0.1, -0.05) is 44.8 Å². The highest BCUT2D eigenvalue weighted by atomic mass is 28.3. The van der Waals surface area contributed by atoms with E-state index in [2.05, 4.69) is 55.9 Å². The molecule has 0 fully saturated rings. The van der Waals surface area contributed by atoms with E-state index in [9.17, 15) is 0 Å². The van der Waals surface area contributed by atoms with Gasteiger partial charge in [-0.05, 0) is 18.5 Å². The van der Waals surface area contributed by atoms with Crippen molar-refractivity contribution in [3.8, 4) is 0 Å². The molecule has 0 aliphatic heterocycles. The minimum atomic E-state index is -1.01. The van der Waals surface area contributed by atoms with Gasteiger partial charge in [-0.2, -0.15) is 5.10 Å². The number of fused-ring (bicyclic) bond motifs is 1. The Morgan fingerprint density at radius 3 is 2.63 bits per heavy atom. The Labute approximate surface area is 116 Å². The minimum absolute atomic E-state index is 0.561. The highest BCUT2D eigenvalue weighted by Gasteiger charge is 2.13. The van der Waals surface area contributed by atoms with E-state index >= 15 is 0 Å². The van der Waals surface area contributed by atoms with Gasteiger partial charge in [0, 0.05) is 20.1 Å². The second kappa shape index (κ2) is 5.88. The molecule has 2 rings (SSSR count). The number of benzene rings is 1. The number of nitrogens with zero attached hydrogens (tertiary/aromatic N) is 2. The summed E-state index contributed by atoms with van der Waals surface area (Å²) in [6.07, 6.45) is 0.961. The molecule has 0 amide bonds. The zero-order valence-corrected chi connectivity index (χ0v) is 13.4. The van der Waals surface area contributed by atoms with E-state index in [-0.39, 0.29) is 0 Å². The molecule has 0 saturated heterocycles. The number of aromatic nitrogens is 2. The first-order valence-corrected chi connectivity index (χ1v) is 10.7. The molecule has 0 spiro atoms. The van der Waals surface area contributed by atoms with E-state index in [4.69, 9.17) is 4.74 Å². The van der Waals surface area contributed by atoms with Crippen molar-refractivity contribution in [3.63, 3.8) is 0 Å². The quantitative estimate of drug-likeness (QED) is 0.591. The molecule has 4 heteroatoms. The minimum Gasteiger partial charge on any atom is -0.360 e. The van der Waals surface area contributed by atoms with Crippen molar-refractivity contribution in [2.45, 2.75) is 45.8 Å². The average molecular weight is 276 g/mol. The zero-order valence-electron chi connectivity index (χ0n) is 12.4. The summed E-state index contributed by atoms with van der Waals surface area (Å²) in [7, 11) is -1.01. The molecule has 2 aromatic rings. The summed E-state index contributed by atoms with van der Waals surface area (Å²) in [4.78, 5) is 0. The van der Waals surface area contributed by atoms with Crippen LogP contribution in [0.4, 0.5) is 0 Å². The van der Waals surface area contributed by atoms with Crippen LogP contribution in [0, 0.1) is 0 Å². The van der Waals surface area contributed by atoms with Crippen LogP contribution in [0.3, 0.4) is 0 Å². The molecule has 0 aliphatic rings. The normalized spacial score (nSPS) is 12.2. The average Bonchev–Trinajstić information content (AvgIpc) is 2.72. The van der Waals surface area contributed by atoms with Crippen LogP contribution in [-0.2, 0) is 17.9 Å². The van der Waals surface area contributed by atoms with Gasteiger partial charge in [0.25, 0.3) is 0 Å². The van der Waals surface area contributed by atoms with Crippen molar-refractivity contribution in [2.24, 2.45) is 0 Å². The third-order valence-corrected chi connectivity index (χ3v) is 4.98. The Kier molecular flexibility index (Phi) is 4.42. The maximum atomic E-state index is 5.80. The van der Waals surface area contributed by atoms with Crippen molar-refractivity contribution in [3.05, 3.63) is 30.0 Å². The first-order chi connectivity index (χ1) is 9.01. The highest BCUT2D eigenvalue weighted by Crippen LogP contribution is 2.19. The molecule has 0 radical (unpaired) electrons. The second-order valence-electron chi connectivity index (χ2n) is 6.16. The predicted molar refractivity (Wildman–Crippen MR) is 83.2 cm³/mol. The van der Waals surface area contributed by atoms with Crippen LogP contribution < -0.4 is 0 Å². The molecule has 0 saturated carbocycles. The largest absolute Gasteiger partial charge is 0.360 e. The smallest absolute Gasteiger partial charge is 0.140 e. The van der Waals surface area contributed by atoms with Crippen molar-refractivity contribution >= 4 is 19.0 Å². The molecule has 0 bridgehead atoms. The first kappa shape index (κ1) is 14.3. The Morgan fingerprint density at radius 2 is 1.95 bits per heavy atom. The van der Waals surface area contributed by atoms with Crippen LogP contribution in [-0.4, -0.2) is 24.5 Å². The molecular weight excluding hydrogens is 252 g/mol. The highest BCUT2D eigenvalue weighted by molar-refractivity contribution is 6.76. The molecule has 0 N–H and O–H groups in total. The molecule has 104 valence electrons. The van der Waals surface area contributed by atoms with Gasteiger partial charge in [0.2, 0.25) is 0 Å². The van der Waals surface area contributed by atoms with Crippen molar-refractivity contribution in [2.75, 3.05) is 6.61 Å². The van der Waals surface area contributed by atoms with Crippen LogP contribution in [0.15, 0.2) is 24.3 Å². The standard InChI is InChI=1S/C15H24N2OSi/c1-5-14-13-8-6-7-9-15(13)17(16-14)12-18-10-11-19(2,3)4/h6-9H,5,10-12H2,1-4H3. The Balaban J connectivity index is 2.05. The third kappa shape index (κ3) is 3.67. The lowest BCUT2D eigenvalue weighted by Gasteiger charge is -2.15. The van der Waals surface area contributed by atoms with E-state index in [1.165, 1.54) is 16.9 Å². The van der Waals surface area contributed by atoms with Crippen molar-refractivity contribution in [1.29, 1.82) is 0 Å². The SMILES string of the molecule is CCc1nn(COCC[Si](C)(C)C)c2ccccc12. The first-order valence-electron chi connectivity index (χ1n) is 7.03. The molecule has 1 aromatic carbocycles. The van der Waals surface area contributed by atoms with Gasteiger partial charge in [0.05, 0.1) is 11.2 Å². The van der Waals surface area contributed by atoms with Crippen LogP contribution in [0.1, 0.15) is 12.6 Å². The molecule has 19 heavy (non-hydrogen) atoms. The summed E-state index contributed by atoms with van der Waals surface area (Å²) in [5.41, 5.74) is 2.33. The van der Waals surface area contributed by atoms with Gasteiger partial charge in [-0.3, -0.25) is 0 Å². The third-order valence-electron chi connectivity index (χ3n) is 3.28. The lowest BCUT2D eigenvalue weighted by molar-refractivity contribution is 0.0814. The summed E-state index contributed by atoms with van der Waals surface area (Å²) >= 11 is 0. The summed E-state index contributed by atoms with van der Waals surface area (Å²) in [5, 5.41) is 5.89. The van der Waals surface area contributed by atoms with Gasteiger partial charge in [-0.25, -0.2) is 4.68 Å². The predicted octanol–water partition coefficient (Wildman–Crippen LogP) is 3.91. The summed E-state index contributed by atoms with van der Waals surface area (Å²) < 4.78 is 7.78. The number of ether oxygens (including phenoxy) is 1. The fourth-order valence-electron chi connectivity index (χ4n) is 2.09. The van der Waals surface area contributed by atoms with Crippen molar-refractivity contribution in [1.82, 2.24) is 9.78 Å². The molecular formula is C15H24N2OSi. The Morgan fingerprint density at radius 1 is 1.21 bits per heavy atom. The van der Waals surface area contributed by atoms with Gasteiger partial charge < -0.3 is 4.74 Å². The molecule has 0 atom stereocenters. The van der Waals surface area contributed by atoms with Crippen LogP contribution in [0.2, 0.25) is 25.7 Å². The molecule has 1 heterocycles. The van der Waals surface area contributed by atoms with Crippen molar-refractivity contribution < 1.29 is 4.74 Å². The monoisotopic (exact) mass is 276 g/mol.